The molecule has 1 atom stereocenters. The van der Waals surface area contributed by atoms with Gasteiger partial charge in [-0.2, -0.15) is 5.26 Å². The number of nitriles is 1. The van der Waals surface area contributed by atoms with Gasteiger partial charge in [0.15, 0.2) is 0 Å². The van der Waals surface area contributed by atoms with E-state index >= 15 is 0 Å². The molecular formula is C21H16N2. The predicted octanol–water partition coefficient (Wildman–Crippen LogP) is 4.61. The highest BCUT2D eigenvalue weighted by Crippen LogP contribution is 2.43. The first-order valence-electron chi connectivity index (χ1n) is 7.77. The summed E-state index contributed by atoms with van der Waals surface area (Å²) in [7, 11) is 0. The van der Waals surface area contributed by atoms with Gasteiger partial charge in [-0.15, -0.1) is 0 Å². The Balaban J connectivity index is 1.76. The summed E-state index contributed by atoms with van der Waals surface area (Å²) in [4.78, 5) is 0. The number of nitrogens with zero attached hydrogens (tertiary/aromatic N) is 1. The van der Waals surface area contributed by atoms with Gasteiger partial charge >= 0.3 is 0 Å². The first kappa shape index (κ1) is 13.8. The van der Waals surface area contributed by atoms with Crippen molar-refractivity contribution in [2.45, 2.75) is 12.1 Å². The van der Waals surface area contributed by atoms with E-state index in [-0.39, 0.29) is 12.1 Å². The van der Waals surface area contributed by atoms with Gasteiger partial charge in [0.05, 0.1) is 12.1 Å². The van der Waals surface area contributed by atoms with Crippen LogP contribution in [-0.4, -0.2) is 0 Å². The molecule has 1 aliphatic rings. The maximum Gasteiger partial charge on any atom is 0.122 e. The fourth-order valence-corrected chi connectivity index (χ4v) is 3.36. The molecule has 3 aromatic rings. The fourth-order valence-electron chi connectivity index (χ4n) is 3.36. The van der Waals surface area contributed by atoms with Gasteiger partial charge in [0.2, 0.25) is 0 Å². The maximum atomic E-state index is 9.62. The van der Waals surface area contributed by atoms with Crippen LogP contribution >= 0.6 is 0 Å². The molecule has 0 aliphatic heterocycles. The number of hydrogen-bond donors (Lipinski definition) is 1. The number of nitrogens with one attached hydrogen (secondary N) is 1. The highest BCUT2D eigenvalue weighted by molar-refractivity contribution is 5.78. The van der Waals surface area contributed by atoms with Crippen molar-refractivity contribution in [2.75, 3.05) is 0 Å². The summed E-state index contributed by atoms with van der Waals surface area (Å²) in [5.74, 6) is 0. The van der Waals surface area contributed by atoms with Crippen LogP contribution in [-0.2, 0) is 0 Å². The first-order valence-corrected chi connectivity index (χ1v) is 7.77. The number of rotatable bonds is 3. The molecule has 0 saturated carbocycles. The van der Waals surface area contributed by atoms with Crippen molar-refractivity contribution >= 4 is 0 Å². The normalized spacial score (nSPS) is 13.9. The zero-order valence-corrected chi connectivity index (χ0v) is 12.6. The lowest BCUT2D eigenvalue weighted by molar-refractivity contribution is 0.567. The molecule has 0 unspecified atom stereocenters. The molecule has 2 heteroatoms. The molecule has 0 saturated heterocycles. The summed E-state index contributed by atoms with van der Waals surface area (Å²) < 4.78 is 0. The molecule has 0 aromatic heterocycles. The van der Waals surface area contributed by atoms with Crippen molar-refractivity contribution in [2.24, 2.45) is 0 Å². The molecule has 4 rings (SSSR count). The third kappa shape index (κ3) is 2.32. The Morgan fingerprint density at radius 3 is 1.83 bits per heavy atom. The van der Waals surface area contributed by atoms with E-state index in [1.165, 1.54) is 22.3 Å². The number of fused-ring (bicyclic) bond motifs is 3. The summed E-state index contributed by atoms with van der Waals surface area (Å²) in [6, 6.07) is 28.9. The van der Waals surface area contributed by atoms with E-state index < -0.39 is 0 Å². The SMILES string of the molecule is N#C[C@@H](NC1c2ccccc2-c2ccccc21)c1ccccc1. The number of hydrogen-bond acceptors (Lipinski definition) is 2. The Hall–Kier alpha value is -2.89. The summed E-state index contributed by atoms with van der Waals surface area (Å²) in [5.41, 5.74) is 5.99. The largest absolute Gasteiger partial charge is 0.287 e. The smallest absolute Gasteiger partial charge is 0.122 e. The zero-order chi connectivity index (χ0) is 15.6. The molecule has 1 N–H and O–H groups in total. The molecule has 1 aliphatic carbocycles. The Morgan fingerprint density at radius 2 is 1.26 bits per heavy atom. The van der Waals surface area contributed by atoms with Crippen LogP contribution in [0.3, 0.4) is 0 Å². The molecule has 0 fully saturated rings. The Bertz CT molecular complexity index is 832. The lowest BCUT2D eigenvalue weighted by atomic mass is 10.0. The Labute approximate surface area is 136 Å². The van der Waals surface area contributed by atoms with Crippen LogP contribution < -0.4 is 5.32 Å². The van der Waals surface area contributed by atoms with Crippen LogP contribution in [0.1, 0.15) is 28.8 Å². The minimum atomic E-state index is -0.333. The average molecular weight is 296 g/mol. The van der Waals surface area contributed by atoms with Crippen LogP contribution in [0.4, 0.5) is 0 Å². The summed E-state index contributed by atoms with van der Waals surface area (Å²) >= 11 is 0. The summed E-state index contributed by atoms with van der Waals surface area (Å²) in [5, 5.41) is 13.2. The van der Waals surface area contributed by atoms with Gasteiger partial charge in [0.25, 0.3) is 0 Å². The number of benzene rings is 3. The van der Waals surface area contributed by atoms with Gasteiger partial charge in [0.1, 0.15) is 6.04 Å². The van der Waals surface area contributed by atoms with E-state index in [0.717, 1.165) is 5.56 Å². The third-order valence-electron chi connectivity index (χ3n) is 4.43. The van der Waals surface area contributed by atoms with E-state index in [9.17, 15) is 5.26 Å². The lowest BCUT2D eigenvalue weighted by Crippen LogP contribution is -2.25. The quantitative estimate of drug-likeness (QED) is 0.766. The average Bonchev–Trinajstić information content (AvgIpc) is 2.94. The highest BCUT2D eigenvalue weighted by atomic mass is 15.0. The maximum absolute atomic E-state index is 9.62. The zero-order valence-electron chi connectivity index (χ0n) is 12.6. The van der Waals surface area contributed by atoms with Gasteiger partial charge in [-0.3, -0.25) is 5.32 Å². The Kier molecular flexibility index (Phi) is 3.42. The highest BCUT2D eigenvalue weighted by Gasteiger charge is 2.29. The van der Waals surface area contributed by atoms with Crippen molar-refractivity contribution in [1.29, 1.82) is 5.26 Å². The van der Waals surface area contributed by atoms with Crippen LogP contribution in [0.25, 0.3) is 11.1 Å². The van der Waals surface area contributed by atoms with Gasteiger partial charge in [-0.25, -0.2) is 0 Å². The fraction of sp³-hybridized carbons (Fsp3) is 0.0952. The van der Waals surface area contributed by atoms with Gasteiger partial charge in [-0.05, 0) is 27.8 Å². The minimum absolute atomic E-state index is 0.0484. The molecule has 2 nitrogen and oxygen atoms in total. The van der Waals surface area contributed by atoms with Crippen molar-refractivity contribution in [3.63, 3.8) is 0 Å². The van der Waals surface area contributed by atoms with Gasteiger partial charge < -0.3 is 0 Å². The molecule has 0 heterocycles. The van der Waals surface area contributed by atoms with Gasteiger partial charge in [-0.1, -0.05) is 78.9 Å². The summed E-state index contributed by atoms with van der Waals surface area (Å²) in [6.07, 6.45) is 0. The second kappa shape index (κ2) is 5.72. The molecule has 3 aromatic carbocycles. The van der Waals surface area contributed by atoms with Crippen molar-refractivity contribution in [3.8, 4) is 17.2 Å². The van der Waals surface area contributed by atoms with Crippen LogP contribution in [0.5, 0.6) is 0 Å². The lowest BCUT2D eigenvalue weighted by Gasteiger charge is -2.20. The molecular weight excluding hydrogens is 280 g/mol. The molecule has 0 spiro atoms. The second-order valence-electron chi connectivity index (χ2n) is 5.75. The van der Waals surface area contributed by atoms with Crippen molar-refractivity contribution < 1.29 is 0 Å². The molecule has 0 amide bonds. The summed E-state index contributed by atoms with van der Waals surface area (Å²) in [6.45, 7) is 0. The minimum Gasteiger partial charge on any atom is -0.287 e. The van der Waals surface area contributed by atoms with Gasteiger partial charge in [0, 0.05) is 0 Å². The van der Waals surface area contributed by atoms with Crippen LogP contribution in [0.2, 0.25) is 0 Å². The topological polar surface area (TPSA) is 35.8 Å². The molecule has 0 bridgehead atoms. The predicted molar refractivity (Wildman–Crippen MR) is 91.7 cm³/mol. The van der Waals surface area contributed by atoms with E-state index in [0.29, 0.717) is 0 Å². The van der Waals surface area contributed by atoms with Crippen LogP contribution in [0.15, 0.2) is 78.9 Å². The molecule has 23 heavy (non-hydrogen) atoms. The van der Waals surface area contributed by atoms with E-state index in [4.69, 9.17) is 0 Å². The Morgan fingerprint density at radius 1 is 0.739 bits per heavy atom. The second-order valence-corrected chi connectivity index (χ2v) is 5.75. The van der Waals surface area contributed by atoms with E-state index in [1.807, 2.05) is 30.3 Å². The van der Waals surface area contributed by atoms with Crippen molar-refractivity contribution in [3.05, 3.63) is 95.6 Å². The first-order chi connectivity index (χ1) is 11.4. The standard InChI is InChI=1S/C21H16N2/c22-14-20(15-8-2-1-3-9-15)23-21-18-12-6-4-10-16(18)17-11-5-7-13-19(17)21/h1-13,20-21,23H/t20-/m1/s1. The van der Waals surface area contributed by atoms with E-state index in [2.05, 4.69) is 59.9 Å². The molecule has 110 valence electrons. The van der Waals surface area contributed by atoms with Crippen molar-refractivity contribution in [1.82, 2.24) is 5.32 Å². The monoisotopic (exact) mass is 296 g/mol. The van der Waals surface area contributed by atoms with E-state index in [1.54, 1.807) is 0 Å². The third-order valence-corrected chi connectivity index (χ3v) is 4.43. The van der Waals surface area contributed by atoms with Crippen LogP contribution in [0, 0.1) is 11.3 Å². The molecule has 0 radical (unpaired) electrons.